The highest BCUT2D eigenvalue weighted by Gasteiger charge is 1.98. The van der Waals surface area contributed by atoms with Gasteiger partial charge in [-0.1, -0.05) is 70.6 Å². The van der Waals surface area contributed by atoms with Crippen LogP contribution in [0.15, 0.2) is 78.9 Å². The quantitative estimate of drug-likeness (QED) is 0.376. The second kappa shape index (κ2) is 9.36. The first-order chi connectivity index (χ1) is 13.1. The Morgan fingerprint density at radius 3 is 1.56 bits per heavy atom. The minimum atomic E-state index is 0.677. The second-order valence-electron chi connectivity index (χ2n) is 5.60. The van der Waals surface area contributed by atoms with E-state index in [1.807, 2.05) is 72.8 Å². The van der Waals surface area contributed by atoms with Crippen LogP contribution >= 0.6 is 34.8 Å². The van der Waals surface area contributed by atoms with E-state index in [1.54, 1.807) is 6.08 Å². The third kappa shape index (κ3) is 5.96. The molecule has 0 saturated carbocycles. The van der Waals surface area contributed by atoms with E-state index in [0.29, 0.717) is 15.1 Å². The average molecular weight is 408 g/mol. The molecule has 0 nitrogen and oxygen atoms in total. The summed E-state index contributed by atoms with van der Waals surface area (Å²) in [5.74, 6) is 12.5. The van der Waals surface area contributed by atoms with E-state index in [4.69, 9.17) is 34.8 Å². The number of hydrogen-bond acceptors (Lipinski definition) is 0. The highest BCUT2D eigenvalue weighted by atomic mass is 35.5. The Hall–Kier alpha value is -2.61. The predicted molar refractivity (Wildman–Crippen MR) is 116 cm³/mol. The molecular weight excluding hydrogens is 395 g/mol. The SMILES string of the molecule is Clc1ccc(C#C/C=C(/C#Cc2ccc(Cl)cc2)c2ccc(Cl)cc2)cc1. The molecule has 3 rings (SSSR count). The highest BCUT2D eigenvalue weighted by Crippen LogP contribution is 2.17. The maximum atomic E-state index is 5.99. The van der Waals surface area contributed by atoms with Gasteiger partial charge in [-0.2, -0.15) is 0 Å². The lowest BCUT2D eigenvalue weighted by Crippen LogP contribution is -1.82. The highest BCUT2D eigenvalue weighted by molar-refractivity contribution is 6.31. The van der Waals surface area contributed by atoms with Gasteiger partial charge in [-0.15, -0.1) is 0 Å². The first-order valence-corrected chi connectivity index (χ1v) is 9.24. The van der Waals surface area contributed by atoms with Crippen LogP contribution in [0.5, 0.6) is 0 Å². The Kier molecular flexibility index (Phi) is 6.64. The van der Waals surface area contributed by atoms with Gasteiger partial charge in [-0.05, 0) is 66.2 Å². The molecule has 0 unspecified atom stereocenters. The van der Waals surface area contributed by atoms with Crippen molar-refractivity contribution in [2.45, 2.75) is 0 Å². The number of rotatable bonds is 1. The molecule has 0 radical (unpaired) electrons. The number of halogens is 3. The van der Waals surface area contributed by atoms with Crippen molar-refractivity contribution in [1.82, 2.24) is 0 Å². The van der Waals surface area contributed by atoms with E-state index < -0.39 is 0 Å². The van der Waals surface area contributed by atoms with Crippen molar-refractivity contribution in [1.29, 1.82) is 0 Å². The van der Waals surface area contributed by atoms with Gasteiger partial charge >= 0.3 is 0 Å². The van der Waals surface area contributed by atoms with Crippen molar-refractivity contribution in [3.05, 3.63) is 111 Å². The van der Waals surface area contributed by atoms with Crippen molar-refractivity contribution in [3.63, 3.8) is 0 Å². The fourth-order valence-electron chi connectivity index (χ4n) is 2.22. The molecule has 0 saturated heterocycles. The van der Waals surface area contributed by atoms with Crippen LogP contribution in [0.3, 0.4) is 0 Å². The van der Waals surface area contributed by atoms with Gasteiger partial charge in [0.2, 0.25) is 0 Å². The van der Waals surface area contributed by atoms with Gasteiger partial charge in [-0.25, -0.2) is 0 Å². The largest absolute Gasteiger partial charge is 0.0843 e. The normalized spacial score (nSPS) is 10.4. The van der Waals surface area contributed by atoms with Crippen molar-refractivity contribution >= 4 is 40.4 Å². The van der Waals surface area contributed by atoms with Gasteiger partial charge in [-0.3, -0.25) is 0 Å². The topological polar surface area (TPSA) is 0 Å². The second-order valence-corrected chi connectivity index (χ2v) is 6.91. The van der Waals surface area contributed by atoms with E-state index >= 15 is 0 Å². The van der Waals surface area contributed by atoms with Gasteiger partial charge in [0.15, 0.2) is 0 Å². The number of hydrogen-bond donors (Lipinski definition) is 0. The molecule has 0 bridgehead atoms. The van der Waals surface area contributed by atoms with Crippen LogP contribution in [0.2, 0.25) is 15.1 Å². The number of allylic oxidation sites excluding steroid dienone is 2. The van der Waals surface area contributed by atoms with Gasteiger partial charge in [0, 0.05) is 37.8 Å². The summed E-state index contributed by atoms with van der Waals surface area (Å²) in [6.07, 6.45) is 1.81. The lowest BCUT2D eigenvalue weighted by atomic mass is 10.1. The van der Waals surface area contributed by atoms with Crippen LogP contribution in [0.25, 0.3) is 5.57 Å². The standard InChI is InChI=1S/C24H13Cl3/c25-22-12-5-18(6-13-22)2-1-3-20(21-10-16-24(27)17-11-21)9-4-19-7-14-23(26)15-8-19/h3,5-8,10-17H/b20-3-. The molecule has 27 heavy (non-hydrogen) atoms. The Morgan fingerprint density at radius 1 is 0.593 bits per heavy atom. The minimum absolute atomic E-state index is 0.677. The molecular formula is C24H13Cl3. The molecule has 0 aliphatic heterocycles. The van der Waals surface area contributed by atoms with Gasteiger partial charge in [0.1, 0.15) is 0 Å². The third-order valence-corrected chi connectivity index (χ3v) is 4.37. The molecule has 0 N–H and O–H groups in total. The average Bonchev–Trinajstić information content (AvgIpc) is 2.68. The molecule has 0 aliphatic rings. The van der Waals surface area contributed by atoms with Crippen LogP contribution in [0.1, 0.15) is 16.7 Å². The van der Waals surface area contributed by atoms with Crippen molar-refractivity contribution in [3.8, 4) is 23.7 Å². The molecule has 0 atom stereocenters. The molecule has 0 spiro atoms. The minimum Gasteiger partial charge on any atom is -0.0843 e. The molecule has 0 amide bonds. The molecule has 0 fully saturated rings. The maximum Gasteiger partial charge on any atom is 0.0406 e. The molecule has 130 valence electrons. The van der Waals surface area contributed by atoms with Crippen molar-refractivity contribution in [2.75, 3.05) is 0 Å². The molecule has 0 aliphatic carbocycles. The monoisotopic (exact) mass is 406 g/mol. The summed E-state index contributed by atoms with van der Waals surface area (Å²) in [7, 11) is 0. The summed E-state index contributed by atoms with van der Waals surface area (Å²) < 4.78 is 0. The van der Waals surface area contributed by atoms with E-state index in [0.717, 1.165) is 22.3 Å². The van der Waals surface area contributed by atoms with Crippen LogP contribution in [-0.2, 0) is 0 Å². The first-order valence-electron chi connectivity index (χ1n) is 8.11. The van der Waals surface area contributed by atoms with E-state index in [2.05, 4.69) is 23.7 Å². The van der Waals surface area contributed by atoms with Crippen LogP contribution < -0.4 is 0 Å². The summed E-state index contributed by atoms with van der Waals surface area (Å²) in [5, 5.41) is 2.05. The molecule has 3 aromatic carbocycles. The van der Waals surface area contributed by atoms with E-state index in [9.17, 15) is 0 Å². The Labute approximate surface area is 174 Å². The zero-order chi connectivity index (χ0) is 19.1. The Bertz CT molecular complexity index is 1070. The summed E-state index contributed by atoms with van der Waals surface area (Å²) in [6.45, 7) is 0. The molecule has 3 aromatic rings. The fraction of sp³-hybridized carbons (Fsp3) is 0. The zero-order valence-corrected chi connectivity index (χ0v) is 16.4. The lowest BCUT2D eigenvalue weighted by molar-refractivity contribution is 1.62. The molecule has 3 heteroatoms. The van der Waals surface area contributed by atoms with Crippen molar-refractivity contribution < 1.29 is 0 Å². The molecule has 0 aromatic heterocycles. The van der Waals surface area contributed by atoms with Gasteiger partial charge in [0.05, 0.1) is 0 Å². The first kappa shape index (κ1) is 19.2. The summed E-state index contributed by atoms with van der Waals surface area (Å²) in [4.78, 5) is 0. The third-order valence-electron chi connectivity index (χ3n) is 3.62. The van der Waals surface area contributed by atoms with Gasteiger partial charge in [0.25, 0.3) is 0 Å². The summed E-state index contributed by atoms with van der Waals surface area (Å²) >= 11 is 17.8. The van der Waals surface area contributed by atoms with Gasteiger partial charge < -0.3 is 0 Å². The van der Waals surface area contributed by atoms with E-state index in [-0.39, 0.29) is 0 Å². The zero-order valence-electron chi connectivity index (χ0n) is 14.1. The summed E-state index contributed by atoms with van der Waals surface area (Å²) in [6, 6.07) is 22.3. The van der Waals surface area contributed by atoms with Crippen LogP contribution in [-0.4, -0.2) is 0 Å². The Morgan fingerprint density at radius 2 is 1.04 bits per heavy atom. The fourth-order valence-corrected chi connectivity index (χ4v) is 2.60. The Balaban J connectivity index is 1.94. The lowest BCUT2D eigenvalue weighted by Gasteiger charge is -1.99. The maximum absolute atomic E-state index is 5.99. The molecule has 0 heterocycles. The van der Waals surface area contributed by atoms with Crippen LogP contribution in [0, 0.1) is 23.7 Å². The number of benzene rings is 3. The van der Waals surface area contributed by atoms with E-state index in [1.165, 1.54) is 0 Å². The predicted octanol–water partition coefficient (Wildman–Crippen LogP) is 7.13. The summed E-state index contributed by atoms with van der Waals surface area (Å²) in [5.41, 5.74) is 3.52. The van der Waals surface area contributed by atoms with Crippen molar-refractivity contribution in [2.24, 2.45) is 0 Å². The smallest absolute Gasteiger partial charge is 0.0406 e. The van der Waals surface area contributed by atoms with Crippen LogP contribution in [0.4, 0.5) is 0 Å².